The fourth-order valence-electron chi connectivity index (χ4n) is 4.69. The van der Waals surface area contributed by atoms with Gasteiger partial charge in [-0.2, -0.15) is 0 Å². The maximum atomic E-state index is 12.3. The predicted molar refractivity (Wildman–Crippen MR) is 147 cm³/mol. The first-order chi connectivity index (χ1) is 17.1. The van der Waals surface area contributed by atoms with Crippen LogP contribution < -0.4 is 0 Å². The number of unbranched alkanes of at least 4 members (excludes halogenated alkanes) is 15. The summed E-state index contributed by atoms with van der Waals surface area (Å²) in [7, 11) is 1.78. The van der Waals surface area contributed by atoms with Gasteiger partial charge in [-0.3, -0.25) is 13.8 Å². The third-order valence-corrected chi connectivity index (χ3v) is 8.07. The molecule has 1 rings (SSSR count). The van der Waals surface area contributed by atoms with Crippen molar-refractivity contribution in [2.45, 2.75) is 135 Å². The number of carbonyl (C=O) groups excluding carboxylic acids is 1. The minimum absolute atomic E-state index is 0.0877. The number of esters is 1. The predicted octanol–water partition coefficient (Wildman–Crippen LogP) is 7.55. The Morgan fingerprint density at radius 3 is 1.72 bits per heavy atom. The number of hydrogen-bond donors (Lipinski definition) is 1. The summed E-state index contributed by atoms with van der Waals surface area (Å²) in [6.07, 6.45) is 22.4. The molecule has 0 saturated carbocycles. The van der Waals surface area contributed by atoms with E-state index in [4.69, 9.17) is 13.8 Å². The molecule has 1 aliphatic heterocycles. The molecule has 0 spiro atoms. The number of quaternary nitrogens is 1. The number of ether oxygens (including phenoxy) is 1. The van der Waals surface area contributed by atoms with Crippen molar-refractivity contribution in [2.75, 3.05) is 40.9 Å². The molecule has 0 radical (unpaired) electrons. The Labute approximate surface area is 221 Å². The van der Waals surface area contributed by atoms with Crippen molar-refractivity contribution in [2.24, 2.45) is 0 Å². The van der Waals surface area contributed by atoms with E-state index in [9.17, 15) is 14.3 Å². The Hall–Kier alpha value is -0.460. The number of rotatable bonds is 24. The van der Waals surface area contributed by atoms with Crippen LogP contribution in [-0.4, -0.2) is 61.8 Å². The second-order valence-electron chi connectivity index (χ2n) is 11.8. The second-order valence-corrected chi connectivity index (χ2v) is 13.3. The van der Waals surface area contributed by atoms with Gasteiger partial charge in [0.1, 0.15) is 18.8 Å². The molecule has 7 nitrogen and oxygen atoms in total. The fraction of sp³-hybridized carbons (Fsp3) is 0.964. The number of nitrogens with zero attached hydrogens (tertiary/aromatic N) is 1. The topological polar surface area (TPSA) is 82.1 Å². The van der Waals surface area contributed by atoms with Crippen molar-refractivity contribution in [1.29, 1.82) is 0 Å². The molecule has 0 amide bonds. The van der Waals surface area contributed by atoms with E-state index in [1.165, 1.54) is 89.9 Å². The van der Waals surface area contributed by atoms with Gasteiger partial charge in [-0.05, 0) is 19.3 Å². The van der Waals surface area contributed by atoms with E-state index in [1.54, 1.807) is 0 Å². The normalized spacial score (nSPS) is 20.0. The second kappa shape index (κ2) is 18.7. The van der Waals surface area contributed by atoms with Gasteiger partial charge in [0.2, 0.25) is 0 Å². The van der Waals surface area contributed by atoms with Crippen LogP contribution in [-0.2, 0) is 23.1 Å². The summed E-state index contributed by atoms with van der Waals surface area (Å²) in [4.78, 5) is 21.8. The number of carbonyl (C=O) groups is 1. The van der Waals surface area contributed by atoms with Crippen LogP contribution in [0, 0.1) is 0 Å². The van der Waals surface area contributed by atoms with Crippen LogP contribution in [0.5, 0.6) is 0 Å². The molecule has 1 saturated heterocycles. The van der Waals surface area contributed by atoms with Gasteiger partial charge in [0.15, 0.2) is 0 Å². The Kier molecular flexibility index (Phi) is 17.5. The molecule has 8 heteroatoms. The highest BCUT2D eigenvalue weighted by Crippen LogP contribution is 2.46. The molecule has 2 unspecified atom stereocenters. The Balaban J connectivity index is 2.10. The SMILES string of the molecule is CCCCCCCCCCCCCCCCCCC1(COP(=O)(O)OCC[N+](C)(C)C)CCC(=O)O1. The zero-order chi connectivity index (χ0) is 26.8. The third-order valence-electron chi connectivity index (χ3n) is 7.11. The minimum Gasteiger partial charge on any atom is -0.457 e. The lowest BCUT2D eigenvalue weighted by atomic mass is 9.93. The summed E-state index contributed by atoms with van der Waals surface area (Å²) in [5.74, 6) is -0.256. The van der Waals surface area contributed by atoms with E-state index >= 15 is 0 Å². The minimum atomic E-state index is -4.17. The molecule has 1 heterocycles. The average molecular weight is 535 g/mol. The maximum absolute atomic E-state index is 12.3. The van der Waals surface area contributed by atoms with E-state index in [-0.39, 0.29) is 19.2 Å². The van der Waals surface area contributed by atoms with Gasteiger partial charge >= 0.3 is 13.8 Å². The van der Waals surface area contributed by atoms with Crippen molar-refractivity contribution in [3.63, 3.8) is 0 Å². The molecule has 1 N–H and O–H groups in total. The van der Waals surface area contributed by atoms with E-state index in [0.717, 1.165) is 12.8 Å². The molecule has 0 aromatic rings. The lowest BCUT2D eigenvalue weighted by Crippen LogP contribution is -2.37. The van der Waals surface area contributed by atoms with Crippen LogP contribution >= 0.6 is 7.82 Å². The molecular formula is C28H57NO6P+. The number of phosphoric ester groups is 1. The zero-order valence-corrected chi connectivity index (χ0v) is 24.8. The van der Waals surface area contributed by atoms with Crippen LogP contribution in [0.1, 0.15) is 129 Å². The Morgan fingerprint density at radius 2 is 1.31 bits per heavy atom. The Morgan fingerprint density at radius 1 is 0.833 bits per heavy atom. The number of phosphoric acid groups is 1. The third kappa shape index (κ3) is 17.9. The van der Waals surface area contributed by atoms with Gasteiger partial charge in [-0.25, -0.2) is 4.57 Å². The molecule has 1 fully saturated rings. The molecule has 0 aromatic carbocycles. The van der Waals surface area contributed by atoms with Crippen molar-refractivity contribution in [1.82, 2.24) is 0 Å². The van der Waals surface area contributed by atoms with Crippen molar-refractivity contribution in [3.8, 4) is 0 Å². The molecule has 0 aromatic heterocycles. The Bertz CT molecular complexity index is 624. The first kappa shape index (κ1) is 33.6. The first-order valence-corrected chi connectivity index (χ1v) is 16.2. The zero-order valence-electron chi connectivity index (χ0n) is 23.9. The van der Waals surface area contributed by atoms with Gasteiger partial charge in [0.25, 0.3) is 0 Å². The van der Waals surface area contributed by atoms with E-state index in [1.807, 2.05) is 21.1 Å². The number of cyclic esters (lactones) is 1. The van der Waals surface area contributed by atoms with Crippen LogP contribution in [0.25, 0.3) is 0 Å². The van der Waals surface area contributed by atoms with Crippen LogP contribution in [0.3, 0.4) is 0 Å². The highest BCUT2D eigenvalue weighted by Gasteiger charge is 2.42. The molecular weight excluding hydrogens is 477 g/mol. The summed E-state index contributed by atoms with van der Waals surface area (Å²) >= 11 is 0. The highest BCUT2D eigenvalue weighted by atomic mass is 31.2. The van der Waals surface area contributed by atoms with E-state index in [0.29, 0.717) is 30.3 Å². The van der Waals surface area contributed by atoms with E-state index in [2.05, 4.69) is 6.92 Å². The van der Waals surface area contributed by atoms with Gasteiger partial charge in [-0.1, -0.05) is 103 Å². The molecule has 214 valence electrons. The van der Waals surface area contributed by atoms with E-state index < -0.39 is 13.4 Å². The highest BCUT2D eigenvalue weighted by molar-refractivity contribution is 7.47. The number of hydrogen-bond acceptors (Lipinski definition) is 5. The molecule has 2 atom stereocenters. The van der Waals surface area contributed by atoms with Gasteiger partial charge < -0.3 is 14.1 Å². The quantitative estimate of drug-likeness (QED) is 0.0596. The molecule has 0 aliphatic carbocycles. The van der Waals surface area contributed by atoms with Gasteiger partial charge in [-0.15, -0.1) is 0 Å². The summed E-state index contributed by atoms with van der Waals surface area (Å²) < 4.78 is 28.8. The molecule has 1 aliphatic rings. The first-order valence-electron chi connectivity index (χ1n) is 14.7. The average Bonchev–Trinajstić information content (AvgIpc) is 3.17. The van der Waals surface area contributed by atoms with Gasteiger partial charge in [0, 0.05) is 6.42 Å². The summed E-state index contributed by atoms with van der Waals surface area (Å²) in [5.41, 5.74) is -0.797. The smallest absolute Gasteiger partial charge is 0.457 e. The van der Waals surface area contributed by atoms with Crippen LogP contribution in [0.2, 0.25) is 0 Å². The van der Waals surface area contributed by atoms with Gasteiger partial charge in [0.05, 0.1) is 27.7 Å². The summed E-state index contributed by atoms with van der Waals surface area (Å²) in [5, 5.41) is 0. The lowest BCUT2D eigenvalue weighted by molar-refractivity contribution is -0.870. The molecule has 36 heavy (non-hydrogen) atoms. The van der Waals surface area contributed by atoms with Crippen LogP contribution in [0.15, 0.2) is 0 Å². The van der Waals surface area contributed by atoms with Crippen molar-refractivity contribution >= 4 is 13.8 Å². The molecule has 0 bridgehead atoms. The van der Waals surface area contributed by atoms with Crippen molar-refractivity contribution in [3.05, 3.63) is 0 Å². The summed E-state index contributed by atoms with van der Waals surface area (Å²) in [6.45, 7) is 2.90. The van der Waals surface area contributed by atoms with Crippen LogP contribution in [0.4, 0.5) is 0 Å². The maximum Gasteiger partial charge on any atom is 0.472 e. The standard InChI is InChI=1S/C28H56NO6P/c1-5-6-7-8-9-10-11-12-13-14-15-16-17-18-19-20-22-28(23-21-27(30)35-28)26-34-36(31,32)33-25-24-29(2,3)4/h5-26H2,1-4H3/p+1. The summed E-state index contributed by atoms with van der Waals surface area (Å²) in [6, 6.07) is 0. The monoisotopic (exact) mass is 534 g/mol. The number of likely N-dealkylation sites (N-methyl/N-ethyl adjacent to an activating group) is 1. The van der Waals surface area contributed by atoms with Crippen molar-refractivity contribution < 1.29 is 32.5 Å². The fourth-order valence-corrected chi connectivity index (χ4v) is 5.47. The lowest BCUT2D eigenvalue weighted by Gasteiger charge is -2.28. The largest absolute Gasteiger partial charge is 0.472 e.